The van der Waals surface area contributed by atoms with E-state index >= 15 is 0 Å². The Morgan fingerprint density at radius 3 is 2.35 bits per heavy atom. The number of nitrogens with one attached hydrogen (secondary N) is 1. The van der Waals surface area contributed by atoms with Gasteiger partial charge >= 0.3 is 0 Å². The van der Waals surface area contributed by atoms with Crippen molar-refractivity contribution in [2.75, 3.05) is 6.54 Å². The van der Waals surface area contributed by atoms with Gasteiger partial charge in [0.05, 0.1) is 12.5 Å². The van der Waals surface area contributed by atoms with Gasteiger partial charge in [0, 0.05) is 6.04 Å². The van der Waals surface area contributed by atoms with Crippen LogP contribution in [0.4, 0.5) is 0 Å². The summed E-state index contributed by atoms with van der Waals surface area (Å²) in [5.74, 6) is 0.792. The second-order valence-electron chi connectivity index (χ2n) is 4.84. The van der Waals surface area contributed by atoms with Crippen molar-refractivity contribution in [2.45, 2.75) is 58.9 Å². The lowest BCUT2D eigenvalue weighted by molar-refractivity contribution is 0.312. The summed E-state index contributed by atoms with van der Waals surface area (Å²) in [4.78, 5) is 0. The minimum Gasteiger partial charge on any atom is -0.472 e. The first kappa shape index (κ1) is 14.3. The molecule has 0 radical (unpaired) electrons. The van der Waals surface area contributed by atoms with Crippen LogP contribution in [-0.2, 0) is 6.42 Å². The molecule has 1 N–H and O–H groups in total. The highest BCUT2D eigenvalue weighted by Gasteiger charge is 2.19. The highest BCUT2D eigenvalue weighted by atomic mass is 16.3. The number of hydrogen-bond acceptors (Lipinski definition) is 2. The van der Waals surface area contributed by atoms with Crippen LogP contribution in [0.5, 0.6) is 0 Å². The summed E-state index contributed by atoms with van der Waals surface area (Å²) in [6, 6.07) is 2.68. The molecule has 0 saturated carbocycles. The molecular formula is C15H27NO. The quantitative estimate of drug-likeness (QED) is 0.702. The normalized spacial score (nSPS) is 13.2. The van der Waals surface area contributed by atoms with E-state index in [1.165, 1.54) is 31.2 Å². The zero-order valence-corrected chi connectivity index (χ0v) is 11.5. The van der Waals surface area contributed by atoms with Crippen LogP contribution in [-0.4, -0.2) is 12.6 Å². The zero-order chi connectivity index (χ0) is 12.5. The molecule has 0 bridgehead atoms. The van der Waals surface area contributed by atoms with Crippen molar-refractivity contribution in [3.63, 3.8) is 0 Å². The highest BCUT2D eigenvalue weighted by molar-refractivity contribution is 5.08. The number of rotatable bonds is 9. The molecule has 0 aliphatic carbocycles. The van der Waals surface area contributed by atoms with Crippen LogP contribution in [0.15, 0.2) is 23.0 Å². The Labute approximate surface area is 106 Å². The topological polar surface area (TPSA) is 25.2 Å². The number of furan rings is 1. The van der Waals surface area contributed by atoms with Crippen molar-refractivity contribution >= 4 is 0 Å². The van der Waals surface area contributed by atoms with Gasteiger partial charge in [-0.15, -0.1) is 0 Å². The summed E-state index contributed by atoms with van der Waals surface area (Å²) in [5.41, 5.74) is 1.31. The second-order valence-corrected chi connectivity index (χ2v) is 4.84. The SMILES string of the molecule is CCCC(CCC)C(Cc1ccoc1)NCC. The minimum absolute atomic E-state index is 0.595. The minimum atomic E-state index is 0.595. The van der Waals surface area contributed by atoms with Gasteiger partial charge in [-0.05, 0) is 43.4 Å². The number of hydrogen-bond donors (Lipinski definition) is 1. The van der Waals surface area contributed by atoms with Crippen molar-refractivity contribution in [3.8, 4) is 0 Å². The Hall–Kier alpha value is -0.760. The van der Waals surface area contributed by atoms with Gasteiger partial charge in [0.25, 0.3) is 0 Å². The molecule has 1 unspecified atom stereocenters. The lowest BCUT2D eigenvalue weighted by atomic mass is 9.87. The Bertz CT molecular complexity index is 262. The van der Waals surface area contributed by atoms with Gasteiger partial charge in [0.1, 0.15) is 0 Å². The van der Waals surface area contributed by atoms with Gasteiger partial charge in [0.15, 0.2) is 0 Å². The molecule has 0 spiro atoms. The van der Waals surface area contributed by atoms with Gasteiger partial charge in [0.2, 0.25) is 0 Å². The molecule has 2 nitrogen and oxygen atoms in total. The van der Waals surface area contributed by atoms with E-state index < -0.39 is 0 Å². The van der Waals surface area contributed by atoms with E-state index in [1.807, 2.05) is 6.26 Å². The van der Waals surface area contributed by atoms with E-state index in [4.69, 9.17) is 4.42 Å². The average Bonchev–Trinajstić information content (AvgIpc) is 2.81. The van der Waals surface area contributed by atoms with Gasteiger partial charge in [-0.25, -0.2) is 0 Å². The summed E-state index contributed by atoms with van der Waals surface area (Å²) in [6.07, 6.45) is 9.93. The molecule has 0 aliphatic rings. The zero-order valence-electron chi connectivity index (χ0n) is 11.5. The van der Waals surface area contributed by atoms with Crippen LogP contribution < -0.4 is 5.32 Å². The Balaban J connectivity index is 2.60. The van der Waals surface area contributed by atoms with E-state index in [2.05, 4.69) is 32.2 Å². The fourth-order valence-electron chi connectivity index (χ4n) is 2.62. The first-order chi connectivity index (χ1) is 8.31. The van der Waals surface area contributed by atoms with Gasteiger partial charge in [-0.1, -0.05) is 33.6 Å². The van der Waals surface area contributed by atoms with Crippen molar-refractivity contribution in [3.05, 3.63) is 24.2 Å². The predicted octanol–water partition coefficient (Wildman–Crippen LogP) is 4.02. The summed E-state index contributed by atoms with van der Waals surface area (Å²) >= 11 is 0. The van der Waals surface area contributed by atoms with Crippen LogP contribution in [0, 0.1) is 5.92 Å². The Kier molecular flexibility index (Phi) is 7.02. The third-order valence-electron chi connectivity index (χ3n) is 3.39. The smallest absolute Gasteiger partial charge is 0.0935 e. The van der Waals surface area contributed by atoms with E-state index in [0.717, 1.165) is 18.9 Å². The van der Waals surface area contributed by atoms with E-state index in [-0.39, 0.29) is 0 Å². The highest BCUT2D eigenvalue weighted by Crippen LogP contribution is 2.21. The molecule has 2 heteroatoms. The van der Waals surface area contributed by atoms with Crippen molar-refractivity contribution in [1.29, 1.82) is 0 Å². The maximum atomic E-state index is 5.17. The fraction of sp³-hybridized carbons (Fsp3) is 0.733. The summed E-state index contributed by atoms with van der Waals surface area (Å²) < 4.78 is 5.17. The van der Waals surface area contributed by atoms with Crippen LogP contribution in [0.25, 0.3) is 0 Å². The van der Waals surface area contributed by atoms with Crippen molar-refractivity contribution in [1.82, 2.24) is 5.32 Å². The standard InChI is InChI=1S/C15H27NO/c1-4-7-14(8-5-2)15(16-6-3)11-13-9-10-17-12-13/h9-10,12,14-16H,4-8,11H2,1-3H3. The van der Waals surface area contributed by atoms with Crippen LogP contribution >= 0.6 is 0 Å². The first-order valence-corrected chi connectivity index (χ1v) is 7.06. The Morgan fingerprint density at radius 2 is 1.88 bits per heavy atom. The Morgan fingerprint density at radius 1 is 1.18 bits per heavy atom. The molecule has 0 saturated heterocycles. The third-order valence-corrected chi connectivity index (χ3v) is 3.39. The van der Waals surface area contributed by atoms with Gasteiger partial charge in [-0.2, -0.15) is 0 Å². The molecule has 17 heavy (non-hydrogen) atoms. The second kappa shape index (κ2) is 8.35. The molecule has 98 valence electrons. The number of likely N-dealkylation sites (N-methyl/N-ethyl adjacent to an activating group) is 1. The molecule has 1 aromatic rings. The monoisotopic (exact) mass is 237 g/mol. The van der Waals surface area contributed by atoms with Crippen LogP contribution in [0.3, 0.4) is 0 Å². The molecule has 0 fully saturated rings. The maximum absolute atomic E-state index is 5.17. The predicted molar refractivity (Wildman–Crippen MR) is 73.2 cm³/mol. The molecule has 1 atom stereocenters. The largest absolute Gasteiger partial charge is 0.472 e. The molecule has 1 rings (SSSR count). The van der Waals surface area contributed by atoms with Crippen LogP contribution in [0.2, 0.25) is 0 Å². The van der Waals surface area contributed by atoms with E-state index in [1.54, 1.807) is 6.26 Å². The van der Waals surface area contributed by atoms with Crippen molar-refractivity contribution < 1.29 is 4.42 Å². The average molecular weight is 237 g/mol. The molecular weight excluding hydrogens is 210 g/mol. The molecule has 1 aromatic heterocycles. The lowest BCUT2D eigenvalue weighted by Gasteiger charge is -2.27. The molecule has 0 amide bonds. The third kappa shape index (κ3) is 4.95. The van der Waals surface area contributed by atoms with E-state index in [0.29, 0.717) is 6.04 Å². The molecule has 1 heterocycles. The summed E-state index contributed by atoms with van der Waals surface area (Å²) in [5, 5.41) is 3.65. The first-order valence-electron chi connectivity index (χ1n) is 7.06. The van der Waals surface area contributed by atoms with Gasteiger partial charge < -0.3 is 9.73 Å². The lowest BCUT2D eigenvalue weighted by Crippen LogP contribution is -2.38. The fourth-order valence-corrected chi connectivity index (χ4v) is 2.62. The van der Waals surface area contributed by atoms with E-state index in [9.17, 15) is 0 Å². The van der Waals surface area contributed by atoms with Crippen molar-refractivity contribution in [2.24, 2.45) is 5.92 Å². The summed E-state index contributed by atoms with van der Waals surface area (Å²) in [7, 11) is 0. The van der Waals surface area contributed by atoms with Crippen LogP contribution in [0.1, 0.15) is 52.0 Å². The molecule has 0 aromatic carbocycles. The molecule has 0 aliphatic heterocycles. The summed E-state index contributed by atoms with van der Waals surface area (Å²) in [6.45, 7) is 7.80. The maximum Gasteiger partial charge on any atom is 0.0935 e. The van der Waals surface area contributed by atoms with Gasteiger partial charge in [-0.3, -0.25) is 0 Å².